The largest absolute Gasteiger partial charge is 0.602 e. The Labute approximate surface area is 124 Å². The van der Waals surface area contributed by atoms with Crippen LogP contribution in [-0.2, 0) is 0 Å². The molecule has 2 aliphatic rings. The second kappa shape index (κ2) is 4.36. The molecule has 1 aromatic heterocycles. The summed E-state index contributed by atoms with van der Waals surface area (Å²) in [6.07, 6.45) is 3.67. The number of anilines is 2. The third-order valence-electron chi connectivity index (χ3n) is 3.41. The highest BCUT2D eigenvalue weighted by molar-refractivity contribution is 7.14. The van der Waals surface area contributed by atoms with Gasteiger partial charge in [-0.15, -0.1) is 11.3 Å². The maximum absolute atomic E-state index is 12.5. The highest BCUT2D eigenvalue weighted by atomic mass is 35.5. The zero-order valence-corrected chi connectivity index (χ0v) is 11.8. The van der Waals surface area contributed by atoms with Crippen LogP contribution in [0.25, 0.3) is 5.57 Å². The molecule has 0 saturated carbocycles. The van der Waals surface area contributed by atoms with Gasteiger partial charge in [0.05, 0.1) is 23.7 Å². The van der Waals surface area contributed by atoms with Crippen molar-refractivity contribution in [2.24, 2.45) is 0 Å². The Hall–Kier alpha value is -1.79. The molecular formula is C14H10ClN3OS. The van der Waals surface area contributed by atoms with Crippen LogP contribution in [0.4, 0.5) is 10.7 Å². The van der Waals surface area contributed by atoms with Crippen LogP contribution >= 0.6 is 22.9 Å². The number of hydrogen-bond acceptors (Lipinski definition) is 4. The number of quaternary nitrogens is 1. The lowest BCUT2D eigenvalue weighted by Crippen LogP contribution is -3.10. The van der Waals surface area contributed by atoms with Crippen LogP contribution in [0.3, 0.4) is 0 Å². The van der Waals surface area contributed by atoms with E-state index in [1.54, 1.807) is 34.7 Å². The second-order valence-corrected chi connectivity index (χ2v) is 5.91. The minimum atomic E-state index is -0.0216. The lowest BCUT2D eigenvalue weighted by atomic mass is 10.1. The van der Waals surface area contributed by atoms with E-state index >= 15 is 0 Å². The van der Waals surface area contributed by atoms with Crippen molar-refractivity contribution in [3.63, 3.8) is 0 Å². The summed E-state index contributed by atoms with van der Waals surface area (Å²) in [5.41, 5.74) is 3.57. The van der Waals surface area contributed by atoms with Crippen LogP contribution in [0, 0.1) is 5.21 Å². The maximum Gasteiger partial charge on any atom is 0.182 e. The van der Waals surface area contributed by atoms with E-state index in [-0.39, 0.29) is 5.17 Å². The number of benzene rings is 1. The maximum atomic E-state index is 12.5. The SMILES string of the molecule is [O-][NH+]1C2=CNc3sccc3C2=CN1c1ccc(Cl)cc1. The van der Waals surface area contributed by atoms with E-state index in [2.05, 4.69) is 5.32 Å². The predicted molar refractivity (Wildman–Crippen MR) is 82.3 cm³/mol. The number of thiophene rings is 1. The molecule has 0 spiro atoms. The first-order valence-electron chi connectivity index (χ1n) is 6.10. The summed E-state index contributed by atoms with van der Waals surface area (Å²) in [5, 5.41) is 21.1. The molecule has 2 N–H and O–H groups in total. The molecule has 4 rings (SSSR count). The summed E-state index contributed by atoms with van der Waals surface area (Å²) in [6, 6.07) is 9.29. The molecule has 3 heterocycles. The number of fused-ring (bicyclic) bond motifs is 3. The molecule has 1 unspecified atom stereocenters. The van der Waals surface area contributed by atoms with Crippen molar-refractivity contribution >= 4 is 39.2 Å². The first-order chi connectivity index (χ1) is 9.74. The molecule has 0 aliphatic carbocycles. The smallest absolute Gasteiger partial charge is 0.182 e. The fourth-order valence-corrected chi connectivity index (χ4v) is 3.32. The molecule has 4 nitrogen and oxygen atoms in total. The zero-order chi connectivity index (χ0) is 13.7. The number of nitrogens with one attached hydrogen (secondary N) is 2. The minimum absolute atomic E-state index is 0.0216. The highest BCUT2D eigenvalue weighted by Crippen LogP contribution is 2.38. The van der Waals surface area contributed by atoms with Gasteiger partial charge in [0.15, 0.2) is 5.70 Å². The van der Waals surface area contributed by atoms with Crippen molar-refractivity contribution in [1.82, 2.24) is 0 Å². The summed E-state index contributed by atoms with van der Waals surface area (Å²) in [6.45, 7) is 0. The van der Waals surface area contributed by atoms with E-state index in [9.17, 15) is 5.21 Å². The highest BCUT2D eigenvalue weighted by Gasteiger charge is 2.33. The van der Waals surface area contributed by atoms with Gasteiger partial charge in [-0.3, -0.25) is 0 Å². The third kappa shape index (κ3) is 1.68. The van der Waals surface area contributed by atoms with E-state index in [1.165, 1.54) is 0 Å². The van der Waals surface area contributed by atoms with Crippen LogP contribution in [0.5, 0.6) is 0 Å². The van der Waals surface area contributed by atoms with Gasteiger partial charge in [-0.1, -0.05) is 11.6 Å². The Morgan fingerprint density at radius 1 is 1.20 bits per heavy atom. The average molecular weight is 304 g/mol. The van der Waals surface area contributed by atoms with Crippen LogP contribution in [0.15, 0.2) is 53.8 Å². The number of nitrogens with zero attached hydrogens (tertiary/aromatic N) is 1. The van der Waals surface area contributed by atoms with Crippen LogP contribution in [-0.4, -0.2) is 0 Å². The van der Waals surface area contributed by atoms with Gasteiger partial charge in [0, 0.05) is 10.6 Å². The number of halogens is 1. The standard InChI is InChI=1S/C14H10ClN3OS/c15-9-1-3-10(4-2-9)17-8-12-11-5-6-20-14(11)16-7-13(12)18(17)19/h1-8,16,18H. The van der Waals surface area contributed by atoms with E-state index in [0.29, 0.717) is 10.7 Å². The number of hydroxylamine groups is 1. The quantitative estimate of drug-likeness (QED) is 0.796. The summed E-state index contributed by atoms with van der Waals surface area (Å²) < 4.78 is 0. The Balaban J connectivity index is 1.79. The monoisotopic (exact) mass is 303 g/mol. The topological polar surface area (TPSA) is 42.8 Å². The molecule has 6 heteroatoms. The molecule has 0 bridgehead atoms. The van der Waals surface area contributed by atoms with Crippen molar-refractivity contribution in [3.8, 4) is 0 Å². The zero-order valence-electron chi connectivity index (χ0n) is 10.3. The summed E-state index contributed by atoms with van der Waals surface area (Å²) >= 11 is 7.52. The molecule has 1 atom stereocenters. The molecule has 0 amide bonds. The Morgan fingerprint density at radius 2 is 2.00 bits per heavy atom. The minimum Gasteiger partial charge on any atom is -0.602 e. The number of allylic oxidation sites excluding steroid dienone is 1. The van der Waals surface area contributed by atoms with Gasteiger partial charge >= 0.3 is 0 Å². The van der Waals surface area contributed by atoms with E-state index in [0.717, 1.165) is 21.8 Å². The summed E-state index contributed by atoms with van der Waals surface area (Å²) in [5.74, 6) is 0. The molecule has 0 fully saturated rings. The molecule has 100 valence electrons. The van der Waals surface area contributed by atoms with Crippen molar-refractivity contribution in [2.75, 3.05) is 10.3 Å². The number of rotatable bonds is 1. The van der Waals surface area contributed by atoms with Gasteiger partial charge in [-0.2, -0.15) is 5.01 Å². The molecule has 2 aliphatic heterocycles. The van der Waals surface area contributed by atoms with Crippen molar-refractivity contribution in [1.29, 1.82) is 0 Å². The van der Waals surface area contributed by atoms with Gasteiger partial charge in [0.2, 0.25) is 0 Å². The molecule has 0 saturated heterocycles. The summed E-state index contributed by atoms with van der Waals surface area (Å²) in [4.78, 5) is 0. The molecule has 0 radical (unpaired) electrons. The van der Waals surface area contributed by atoms with Crippen LogP contribution in [0.1, 0.15) is 5.56 Å². The normalized spacial score (nSPS) is 19.9. The van der Waals surface area contributed by atoms with E-state index in [1.807, 2.05) is 29.8 Å². The van der Waals surface area contributed by atoms with Gasteiger partial charge in [0.25, 0.3) is 0 Å². The van der Waals surface area contributed by atoms with E-state index < -0.39 is 0 Å². The summed E-state index contributed by atoms with van der Waals surface area (Å²) in [7, 11) is 0. The lowest BCUT2D eigenvalue weighted by molar-refractivity contribution is -0.801. The lowest BCUT2D eigenvalue weighted by Gasteiger charge is -2.28. The molecule has 1 aromatic carbocycles. The first-order valence-corrected chi connectivity index (χ1v) is 7.36. The van der Waals surface area contributed by atoms with Crippen molar-refractivity contribution in [2.45, 2.75) is 0 Å². The Morgan fingerprint density at radius 3 is 2.80 bits per heavy atom. The van der Waals surface area contributed by atoms with Gasteiger partial charge < -0.3 is 10.5 Å². The van der Waals surface area contributed by atoms with Gasteiger partial charge in [0.1, 0.15) is 5.00 Å². The molecule has 20 heavy (non-hydrogen) atoms. The molecular weight excluding hydrogens is 294 g/mol. The predicted octanol–water partition coefficient (Wildman–Crippen LogP) is 2.83. The van der Waals surface area contributed by atoms with Crippen LogP contribution < -0.4 is 15.5 Å². The molecule has 2 aromatic rings. The third-order valence-corrected chi connectivity index (χ3v) is 4.50. The van der Waals surface area contributed by atoms with E-state index in [4.69, 9.17) is 11.6 Å². The first kappa shape index (κ1) is 12.0. The average Bonchev–Trinajstić information content (AvgIpc) is 3.04. The van der Waals surface area contributed by atoms with Crippen molar-refractivity contribution in [3.05, 3.63) is 69.6 Å². The van der Waals surface area contributed by atoms with Gasteiger partial charge in [-0.25, -0.2) is 5.17 Å². The fraction of sp³-hybridized carbons (Fsp3) is 0. The second-order valence-electron chi connectivity index (χ2n) is 4.56. The van der Waals surface area contributed by atoms with Gasteiger partial charge in [-0.05, 0) is 35.7 Å². The fourth-order valence-electron chi connectivity index (χ4n) is 2.42. The Bertz CT molecular complexity index is 735. The van der Waals surface area contributed by atoms with Crippen molar-refractivity contribution < 1.29 is 5.17 Å². The number of hydrogen-bond donors (Lipinski definition) is 2. The Kier molecular flexibility index (Phi) is 2.61. The van der Waals surface area contributed by atoms with Crippen LogP contribution in [0.2, 0.25) is 5.02 Å².